The molecule has 7 atom stereocenters. The SMILES string of the molecule is CC(=O)[C@H]1CC[C@H]2[C@@H]3CCC4CC(=O)C(=O)C[C@]4(C)[C@H]3CC[C@]12C. The number of rotatable bonds is 1. The molecular formula is C21H30O3. The average Bonchev–Trinajstić information content (AvgIpc) is 2.86. The number of carbonyl (C=O) groups excluding carboxylic acids is 3. The van der Waals surface area contributed by atoms with E-state index in [1.54, 1.807) is 6.92 Å². The molecule has 0 spiro atoms. The van der Waals surface area contributed by atoms with Crippen molar-refractivity contribution in [2.45, 2.75) is 72.1 Å². The van der Waals surface area contributed by atoms with Crippen molar-refractivity contribution in [1.29, 1.82) is 0 Å². The van der Waals surface area contributed by atoms with Crippen LogP contribution in [0.25, 0.3) is 0 Å². The topological polar surface area (TPSA) is 51.2 Å². The molecule has 1 unspecified atom stereocenters. The summed E-state index contributed by atoms with van der Waals surface area (Å²) in [7, 11) is 0. The minimum atomic E-state index is -0.130. The van der Waals surface area contributed by atoms with E-state index in [1.807, 2.05) is 0 Å². The third-order valence-corrected chi connectivity index (χ3v) is 8.84. The summed E-state index contributed by atoms with van der Waals surface area (Å²) < 4.78 is 0. The molecule has 0 aromatic carbocycles. The summed E-state index contributed by atoms with van der Waals surface area (Å²) in [6, 6.07) is 0. The molecule has 4 aliphatic rings. The van der Waals surface area contributed by atoms with Gasteiger partial charge in [0.15, 0.2) is 11.6 Å². The molecule has 0 aromatic heterocycles. The van der Waals surface area contributed by atoms with E-state index in [2.05, 4.69) is 13.8 Å². The van der Waals surface area contributed by atoms with Crippen molar-refractivity contribution in [3.8, 4) is 0 Å². The molecule has 0 aliphatic heterocycles. The second kappa shape index (κ2) is 5.25. The molecule has 24 heavy (non-hydrogen) atoms. The Kier molecular flexibility index (Phi) is 3.61. The molecule has 4 saturated carbocycles. The number of fused-ring (bicyclic) bond motifs is 5. The second-order valence-corrected chi connectivity index (χ2v) is 9.67. The summed E-state index contributed by atoms with van der Waals surface area (Å²) >= 11 is 0. The predicted octanol–water partition coefficient (Wildman–Crippen LogP) is 3.98. The van der Waals surface area contributed by atoms with Crippen molar-refractivity contribution >= 4 is 17.3 Å². The zero-order chi connectivity index (χ0) is 17.3. The van der Waals surface area contributed by atoms with Gasteiger partial charge in [-0.25, -0.2) is 0 Å². The fraction of sp³-hybridized carbons (Fsp3) is 0.857. The van der Waals surface area contributed by atoms with Gasteiger partial charge >= 0.3 is 0 Å². The third kappa shape index (κ3) is 2.05. The van der Waals surface area contributed by atoms with Crippen LogP contribution in [0.15, 0.2) is 0 Å². The van der Waals surface area contributed by atoms with Gasteiger partial charge in [0.05, 0.1) is 0 Å². The molecule has 0 N–H and O–H groups in total. The van der Waals surface area contributed by atoms with Crippen LogP contribution in [0.3, 0.4) is 0 Å². The molecule has 4 aliphatic carbocycles. The first kappa shape index (κ1) is 16.5. The fourth-order valence-corrected chi connectivity index (χ4v) is 7.60. The molecular weight excluding hydrogens is 300 g/mol. The highest BCUT2D eigenvalue weighted by molar-refractivity contribution is 6.38. The Morgan fingerprint density at radius 3 is 2.33 bits per heavy atom. The number of hydrogen-bond donors (Lipinski definition) is 0. The maximum absolute atomic E-state index is 12.2. The molecule has 0 amide bonds. The van der Waals surface area contributed by atoms with Gasteiger partial charge in [-0.15, -0.1) is 0 Å². The Balaban J connectivity index is 1.65. The lowest BCUT2D eigenvalue weighted by molar-refractivity contribution is -0.155. The monoisotopic (exact) mass is 330 g/mol. The standard InChI is InChI=1S/C21H30O3/c1-12(22)15-6-7-16-14-5-4-13-10-18(23)19(24)11-21(13,3)17(14)8-9-20(15,16)2/h13-17H,4-11H2,1-3H3/t13?,14-,15+,16-,17-,20+,21-/m0/s1. The van der Waals surface area contributed by atoms with Gasteiger partial charge in [-0.3, -0.25) is 14.4 Å². The average molecular weight is 330 g/mol. The van der Waals surface area contributed by atoms with Crippen LogP contribution in [0.4, 0.5) is 0 Å². The van der Waals surface area contributed by atoms with E-state index in [4.69, 9.17) is 0 Å². The molecule has 0 saturated heterocycles. The fourth-order valence-electron chi connectivity index (χ4n) is 7.60. The maximum Gasteiger partial charge on any atom is 0.198 e. The molecule has 0 radical (unpaired) electrons. The third-order valence-electron chi connectivity index (χ3n) is 8.84. The van der Waals surface area contributed by atoms with E-state index in [1.165, 1.54) is 12.8 Å². The number of carbonyl (C=O) groups is 3. The van der Waals surface area contributed by atoms with Gasteiger partial charge in [0.2, 0.25) is 0 Å². The van der Waals surface area contributed by atoms with Crippen LogP contribution >= 0.6 is 0 Å². The predicted molar refractivity (Wildman–Crippen MR) is 91.3 cm³/mol. The first-order valence-electron chi connectivity index (χ1n) is 9.84. The van der Waals surface area contributed by atoms with Crippen LogP contribution < -0.4 is 0 Å². The normalized spacial score (nSPS) is 50.9. The van der Waals surface area contributed by atoms with Gasteiger partial charge < -0.3 is 0 Å². The van der Waals surface area contributed by atoms with Crippen molar-refractivity contribution in [2.75, 3.05) is 0 Å². The highest BCUT2D eigenvalue weighted by Gasteiger charge is 2.61. The van der Waals surface area contributed by atoms with E-state index in [9.17, 15) is 14.4 Å². The Morgan fingerprint density at radius 2 is 1.62 bits per heavy atom. The van der Waals surface area contributed by atoms with Crippen molar-refractivity contribution in [3.63, 3.8) is 0 Å². The van der Waals surface area contributed by atoms with Crippen LogP contribution in [0.5, 0.6) is 0 Å². The quantitative estimate of drug-likeness (QED) is 0.683. The molecule has 0 bridgehead atoms. The Morgan fingerprint density at radius 1 is 0.917 bits per heavy atom. The lowest BCUT2D eigenvalue weighted by Gasteiger charge is -2.59. The van der Waals surface area contributed by atoms with E-state index in [0.717, 1.165) is 25.7 Å². The van der Waals surface area contributed by atoms with E-state index < -0.39 is 0 Å². The number of Topliss-reactive ketones (excluding diaryl/α,β-unsaturated/α-hetero) is 3. The maximum atomic E-state index is 12.2. The first-order valence-corrected chi connectivity index (χ1v) is 9.84. The van der Waals surface area contributed by atoms with Crippen LogP contribution in [0.1, 0.15) is 72.1 Å². The zero-order valence-corrected chi connectivity index (χ0v) is 15.3. The molecule has 4 fully saturated rings. The van der Waals surface area contributed by atoms with Gasteiger partial charge in [0.25, 0.3) is 0 Å². The lowest BCUT2D eigenvalue weighted by Crippen LogP contribution is -2.55. The van der Waals surface area contributed by atoms with Gasteiger partial charge in [-0.1, -0.05) is 13.8 Å². The van der Waals surface area contributed by atoms with Gasteiger partial charge in [-0.05, 0) is 80.0 Å². The molecule has 4 rings (SSSR count). The number of hydrogen-bond acceptors (Lipinski definition) is 3. The molecule has 0 aromatic rings. The minimum absolute atomic E-state index is 0.0174. The highest BCUT2D eigenvalue weighted by Crippen LogP contribution is 2.67. The van der Waals surface area contributed by atoms with Crippen molar-refractivity contribution in [2.24, 2.45) is 40.4 Å². The Labute approximate surface area is 144 Å². The van der Waals surface area contributed by atoms with Crippen LogP contribution in [-0.2, 0) is 14.4 Å². The molecule has 3 nitrogen and oxygen atoms in total. The Hall–Kier alpha value is -0.990. The van der Waals surface area contributed by atoms with Gasteiger partial charge in [-0.2, -0.15) is 0 Å². The van der Waals surface area contributed by atoms with Crippen LogP contribution in [-0.4, -0.2) is 17.3 Å². The van der Waals surface area contributed by atoms with E-state index in [0.29, 0.717) is 42.3 Å². The van der Waals surface area contributed by atoms with Crippen molar-refractivity contribution in [3.05, 3.63) is 0 Å². The lowest BCUT2D eigenvalue weighted by atomic mass is 9.44. The van der Waals surface area contributed by atoms with Crippen LogP contribution in [0, 0.1) is 40.4 Å². The minimum Gasteiger partial charge on any atom is -0.300 e. The summed E-state index contributed by atoms with van der Waals surface area (Å²) in [6.45, 7) is 6.42. The van der Waals surface area contributed by atoms with Crippen LogP contribution in [0.2, 0.25) is 0 Å². The summed E-state index contributed by atoms with van der Waals surface area (Å²) in [6.07, 6.45) is 7.72. The van der Waals surface area contributed by atoms with Crippen molar-refractivity contribution < 1.29 is 14.4 Å². The summed E-state index contributed by atoms with van der Waals surface area (Å²) in [5, 5.41) is 0. The Bertz CT molecular complexity index is 608. The van der Waals surface area contributed by atoms with Gasteiger partial charge in [0.1, 0.15) is 5.78 Å². The molecule has 132 valence electrons. The van der Waals surface area contributed by atoms with Gasteiger partial charge in [0, 0.05) is 18.8 Å². The van der Waals surface area contributed by atoms with E-state index >= 15 is 0 Å². The first-order chi connectivity index (χ1) is 11.3. The molecule has 3 heteroatoms. The largest absolute Gasteiger partial charge is 0.300 e. The zero-order valence-electron chi connectivity index (χ0n) is 15.3. The summed E-state index contributed by atoms with van der Waals surface area (Å²) in [5.74, 6) is 2.60. The molecule has 0 heterocycles. The van der Waals surface area contributed by atoms with E-state index in [-0.39, 0.29) is 28.3 Å². The highest BCUT2D eigenvalue weighted by atomic mass is 16.2. The summed E-state index contributed by atoms with van der Waals surface area (Å²) in [4.78, 5) is 36.2. The van der Waals surface area contributed by atoms with Crippen molar-refractivity contribution in [1.82, 2.24) is 0 Å². The smallest absolute Gasteiger partial charge is 0.198 e. The second-order valence-electron chi connectivity index (χ2n) is 9.67. The number of ketones is 3. The summed E-state index contributed by atoms with van der Waals surface area (Å²) in [5.41, 5.74) is 0.189.